The van der Waals surface area contributed by atoms with Gasteiger partial charge in [-0.2, -0.15) is 0 Å². The highest BCUT2D eigenvalue weighted by Crippen LogP contribution is 2.34. The van der Waals surface area contributed by atoms with Crippen molar-refractivity contribution in [3.8, 4) is 0 Å². The number of fused-ring (bicyclic) bond motifs is 1. The molecule has 1 atom stereocenters. The first-order chi connectivity index (χ1) is 10.8. The number of ether oxygens (including phenoxy) is 1. The van der Waals surface area contributed by atoms with Crippen molar-refractivity contribution in [2.24, 2.45) is 5.92 Å². The van der Waals surface area contributed by atoms with Gasteiger partial charge >= 0.3 is 0 Å². The smallest absolute Gasteiger partial charge is 0.107 e. The van der Waals surface area contributed by atoms with Crippen molar-refractivity contribution < 1.29 is 4.74 Å². The fourth-order valence-electron chi connectivity index (χ4n) is 3.17. The van der Waals surface area contributed by atoms with Crippen molar-refractivity contribution in [3.05, 3.63) is 28.0 Å². The Bertz CT molecular complexity index is 622. The number of aromatic nitrogens is 4. The normalized spacial score (nSPS) is 22.0. The van der Waals surface area contributed by atoms with Gasteiger partial charge in [0.2, 0.25) is 0 Å². The van der Waals surface area contributed by atoms with E-state index in [1.807, 2.05) is 11.6 Å². The summed E-state index contributed by atoms with van der Waals surface area (Å²) in [5.41, 5.74) is 2.41. The summed E-state index contributed by atoms with van der Waals surface area (Å²) in [4.78, 5) is 6.83. The van der Waals surface area contributed by atoms with Gasteiger partial charge in [-0.15, -0.1) is 16.4 Å². The summed E-state index contributed by atoms with van der Waals surface area (Å²) >= 11 is 1.71. The molecule has 0 aromatic carbocycles. The first-order valence-corrected chi connectivity index (χ1v) is 8.76. The fourth-order valence-corrected chi connectivity index (χ4v) is 3.81. The molecule has 0 radical (unpaired) electrons. The number of hydrogen-bond acceptors (Lipinski definition) is 6. The summed E-state index contributed by atoms with van der Waals surface area (Å²) in [6.07, 6.45) is 5.56. The van der Waals surface area contributed by atoms with Crippen molar-refractivity contribution in [2.45, 2.75) is 38.4 Å². The van der Waals surface area contributed by atoms with Gasteiger partial charge in [0.05, 0.1) is 24.9 Å². The van der Waals surface area contributed by atoms with Crippen molar-refractivity contribution in [1.29, 1.82) is 0 Å². The van der Waals surface area contributed by atoms with Crippen molar-refractivity contribution >= 4 is 11.3 Å². The third-order valence-corrected chi connectivity index (χ3v) is 5.30. The molecule has 4 rings (SSSR count). The van der Waals surface area contributed by atoms with E-state index in [-0.39, 0.29) is 6.04 Å². The van der Waals surface area contributed by atoms with Crippen LogP contribution in [0.1, 0.15) is 35.3 Å². The molecule has 1 aliphatic carbocycles. The highest BCUT2D eigenvalue weighted by atomic mass is 32.1. The molecule has 1 saturated carbocycles. The molecule has 6 nitrogen and oxygen atoms in total. The molecule has 3 heterocycles. The van der Waals surface area contributed by atoms with E-state index >= 15 is 0 Å². The van der Waals surface area contributed by atoms with E-state index in [2.05, 4.69) is 24.9 Å². The van der Waals surface area contributed by atoms with Crippen molar-refractivity contribution in [3.63, 3.8) is 0 Å². The monoisotopic (exact) mass is 319 g/mol. The first kappa shape index (κ1) is 14.3. The molecule has 118 valence electrons. The van der Waals surface area contributed by atoms with E-state index in [1.54, 1.807) is 18.4 Å². The predicted molar refractivity (Wildman–Crippen MR) is 83.6 cm³/mol. The maximum Gasteiger partial charge on any atom is 0.107 e. The Balaban J connectivity index is 1.57. The van der Waals surface area contributed by atoms with Crippen LogP contribution < -0.4 is 0 Å². The molecule has 0 bridgehead atoms. The van der Waals surface area contributed by atoms with Gasteiger partial charge in [-0.1, -0.05) is 5.21 Å². The van der Waals surface area contributed by atoms with Crippen molar-refractivity contribution in [1.82, 2.24) is 24.9 Å². The molecule has 2 aliphatic rings. The molecule has 0 N–H and O–H groups in total. The van der Waals surface area contributed by atoms with Gasteiger partial charge in [0.15, 0.2) is 0 Å². The predicted octanol–water partition coefficient (Wildman–Crippen LogP) is 1.89. The number of hydrogen-bond donors (Lipinski definition) is 0. The van der Waals surface area contributed by atoms with E-state index < -0.39 is 0 Å². The van der Waals surface area contributed by atoms with Crippen LogP contribution in [0.3, 0.4) is 0 Å². The molecule has 0 unspecified atom stereocenters. The lowest BCUT2D eigenvalue weighted by Crippen LogP contribution is -2.38. The SMILES string of the molecule is COC[C@H]1c2nnn(CC3CC3)c2CCN1Cc1nccs1. The number of rotatable bonds is 6. The van der Waals surface area contributed by atoms with Crippen LogP contribution in [0.25, 0.3) is 0 Å². The Kier molecular flexibility index (Phi) is 3.94. The van der Waals surface area contributed by atoms with Gasteiger partial charge < -0.3 is 4.74 Å². The van der Waals surface area contributed by atoms with Crippen LogP contribution in [-0.2, 0) is 24.2 Å². The van der Waals surface area contributed by atoms with E-state index in [4.69, 9.17) is 4.74 Å². The highest BCUT2D eigenvalue weighted by Gasteiger charge is 2.33. The average molecular weight is 319 g/mol. The van der Waals surface area contributed by atoms with Crippen LogP contribution in [0.15, 0.2) is 11.6 Å². The molecule has 7 heteroatoms. The molecule has 0 saturated heterocycles. The van der Waals surface area contributed by atoms with Crippen LogP contribution in [0.2, 0.25) is 0 Å². The third-order valence-electron chi connectivity index (χ3n) is 4.53. The topological polar surface area (TPSA) is 56.1 Å². The Morgan fingerprint density at radius 3 is 3.05 bits per heavy atom. The van der Waals surface area contributed by atoms with Gasteiger partial charge in [-0.3, -0.25) is 4.90 Å². The molecule has 0 spiro atoms. The zero-order valence-corrected chi connectivity index (χ0v) is 13.6. The van der Waals surface area contributed by atoms with E-state index in [0.29, 0.717) is 6.61 Å². The van der Waals surface area contributed by atoms with Crippen LogP contribution in [-0.4, -0.2) is 45.1 Å². The van der Waals surface area contributed by atoms with Gasteiger partial charge in [-0.25, -0.2) is 9.67 Å². The summed E-state index contributed by atoms with van der Waals surface area (Å²) < 4.78 is 7.59. The molecule has 1 aliphatic heterocycles. The standard InChI is InChI=1S/C15H21N5OS/c1-21-10-13-15-12(20(18-17-15)8-11-2-3-11)4-6-19(13)9-14-16-5-7-22-14/h5,7,11,13H,2-4,6,8-10H2,1H3/t13-/m0/s1. The van der Waals surface area contributed by atoms with Crippen LogP contribution in [0.4, 0.5) is 0 Å². The second kappa shape index (κ2) is 6.06. The second-order valence-corrected chi connectivity index (χ2v) is 7.14. The lowest BCUT2D eigenvalue weighted by atomic mass is 10.0. The largest absolute Gasteiger partial charge is 0.383 e. The van der Waals surface area contributed by atoms with Gasteiger partial charge in [0.25, 0.3) is 0 Å². The number of methoxy groups -OCH3 is 1. The zero-order chi connectivity index (χ0) is 14.9. The van der Waals surface area contributed by atoms with Crippen LogP contribution in [0.5, 0.6) is 0 Å². The van der Waals surface area contributed by atoms with Gasteiger partial charge in [0.1, 0.15) is 10.7 Å². The quantitative estimate of drug-likeness (QED) is 0.814. The van der Waals surface area contributed by atoms with E-state index in [9.17, 15) is 0 Å². The Hall–Kier alpha value is -1.31. The Labute approximate surface area is 134 Å². The zero-order valence-electron chi connectivity index (χ0n) is 12.8. The third kappa shape index (κ3) is 2.80. The summed E-state index contributed by atoms with van der Waals surface area (Å²) in [5, 5.41) is 12.1. The summed E-state index contributed by atoms with van der Waals surface area (Å²) in [7, 11) is 1.75. The minimum Gasteiger partial charge on any atom is -0.383 e. The minimum absolute atomic E-state index is 0.186. The van der Waals surface area contributed by atoms with E-state index in [1.165, 1.54) is 18.5 Å². The van der Waals surface area contributed by atoms with E-state index in [0.717, 1.165) is 42.7 Å². The first-order valence-electron chi connectivity index (χ1n) is 7.88. The Morgan fingerprint density at radius 2 is 2.32 bits per heavy atom. The minimum atomic E-state index is 0.186. The molecule has 2 aromatic heterocycles. The second-order valence-electron chi connectivity index (χ2n) is 6.16. The summed E-state index contributed by atoms with van der Waals surface area (Å²) in [6.45, 7) is 3.56. The van der Waals surface area contributed by atoms with Crippen LogP contribution >= 0.6 is 11.3 Å². The molecule has 2 aromatic rings. The maximum absolute atomic E-state index is 5.45. The Morgan fingerprint density at radius 1 is 1.41 bits per heavy atom. The summed E-state index contributed by atoms with van der Waals surface area (Å²) in [5.74, 6) is 0.819. The highest BCUT2D eigenvalue weighted by molar-refractivity contribution is 7.09. The fraction of sp³-hybridized carbons (Fsp3) is 0.667. The average Bonchev–Trinajstić information content (AvgIpc) is 3.02. The lowest BCUT2D eigenvalue weighted by Gasteiger charge is -2.33. The molecule has 0 amide bonds. The molecule has 1 fully saturated rings. The lowest BCUT2D eigenvalue weighted by molar-refractivity contribution is 0.0748. The van der Waals surface area contributed by atoms with Gasteiger partial charge in [0, 0.05) is 38.2 Å². The van der Waals surface area contributed by atoms with Gasteiger partial charge in [-0.05, 0) is 18.8 Å². The number of thiazole rings is 1. The molecular weight excluding hydrogens is 298 g/mol. The van der Waals surface area contributed by atoms with Crippen molar-refractivity contribution in [2.75, 3.05) is 20.3 Å². The van der Waals surface area contributed by atoms with Crippen LogP contribution in [0, 0.1) is 5.92 Å². The number of nitrogens with zero attached hydrogens (tertiary/aromatic N) is 5. The summed E-state index contributed by atoms with van der Waals surface area (Å²) in [6, 6.07) is 0.186. The maximum atomic E-state index is 5.45. The molecule has 22 heavy (non-hydrogen) atoms. The molecular formula is C15H21N5OS.